The highest BCUT2D eigenvalue weighted by molar-refractivity contribution is 7.86. The van der Waals surface area contributed by atoms with Crippen LogP contribution in [-0.2, 0) is 16.4 Å². The van der Waals surface area contributed by atoms with E-state index in [-0.39, 0.29) is 49.9 Å². The lowest BCUT2D eigenvalue weighted by Gasteiger charge is -2.40. The summed E-state index contributed by atoms with van der Waals surface area (Å²) in [5.41, 5.74) is 0.725. The molecule has 0 spiro atoms. The molecule has 3 aliphatic heterocycles. The number of hydrogen-bond acceptors (Lipinski definition) is 5. The minimum absolute atomic E-state index is 0.0714. The van der Waals surface area contributed by atoms with Gasteiger partial charge in [0.1, 0.15) is 17.6 Å². The Kier molecular flexibility index (Phi) is 10.5. The van der Waals surface area contributed by atoms with Gasteiger partial charge in [-0.3, -0.25) is 9.89 Å². The number of carbonyl (C=O) groups is 1. The van der Waals surface area contributed by atoms with Gasteiger partial charge in [-0.15, -0.1) is 0 Å². The highest BCUT2D eigenvalue weighted by Gasteiger charge is 2.46. The van der Waals surface area contributed by atoms with Crippen molar-refractivity contribution in [1.82, 2.24) is 18.4 Å². The van der Waals surface area contributed by atoms with Crippen molar-refractivity contribution in [3.8, 4) is 5.75 Å². The van der Waals surface area contributed by atoms with Gasteiger partial charge in [-0.25, -0.2) is 4.79 Å². The number of rotatable bonds is 7. The molecule has 3 heterocycles. The van der Waals surface area contributed by atoms with Crippen LogP contribution in [-0.4, -0.2) is 84.6 Å². The molecule has 0 bridgehead atoms. The first-order chi connectivity index (χ1) is 23.4. The summed E-state index contributed by atoms with van der Waals surface area (Å²) in [4.78, 5) is 22.8. The van der Waals surface area contributed by atoms with Gasteiger partial charge in [0.2, 0.25) is 0 Å². The lowest BCUT2D eigenvalue weighted by molar-refractivity contribution is -0.137. The Bertz CT molecular complexity index is 1800. The largest absolute Gasteiger partial charge is 0.493 e. The normalized spacial score (nSPS) is 21.1. The second kappa shape index (κ2) is 14.5. The minimum Gasteiger partial charge on any atom is -0.493 e. The maximum atomic E-state index is 14.7. The summed E-state index contributed by atoms with van der Waals surface area (Å²) in [7, 11) is -3.68. The second-order valence-electron chi connectivity index (χ2n) is 12.1. The Morgan fingerprint density at radius 3 is 1.98 bits per heavy atom. The number of ether oxygens (including phenoxy) is 1. The molecule has 2 fully saturated rings. The van der Waals surface area contributed by atoms with Crippen LogP contribution >= 0.6 is 23.2 Å². The number of amidine groups is 1. The van der Waals surface area contributed by atoms with Crippen molar-refractivity contribution < 1.29 is 31.1 Å². The van der Waals surface area contributed by atoms with Crippen molar-refractivity contribution in [3.05, 3.63) is 99.0 Å². The van der Waals surface area contributed by atoms with Crippen LogP contribution in [0.25, 0.3) is 0 Å². The van der Waals surface area contributed by atoms with Crippen LogP contribution in [0, 0.1) is 0 Å². The maximum absolute atomic E-state index is 14.7. The van der Waals surface area contributed by atoms with E-state index in [1.54, 1.807) is 60.4 Å². The Morgan fingerprint density at radius 1 is 0.837 bits per heavy atom. The van der Waals surface area contributed by atoms with E-state index >= 15 is 0 Å². The van der Waals surface area contributed by atoms with Crippen LogP contribution in [0.2, 0.25) is 10.0 Å². The van der Waals surface area contributed by atoms with Gasteiger partial charge >= 0.3 is 12.2 Å². The zero-order chi connectivity index (χ0) is 34.9. The molecule has 0 aromatic heterocycles. The zero-order valence-electron chi connectivity index (χ0n) is 26.7. The second-order valence-corrected chi connectivity index (χ2v) is 14.9. The molecule has 0 saturated carbocycles. The smallest absolute Gasteiger partial charge is 0.416 e. The standard InChI is InChI=1S/C34H36Cl2F3N5O4S/c1-2-48-29-22-25(34(37,38)39)10-15-28(29)32-40-30(23-6-11-26(35)12-7-23)31(24-8-13-27(36)14-9-24)44(32)33(45)41-18-20-43(21-19-41)49(46,47)42-16-4-3-5-17-42/h6-15,22,30-31H,2-5,16-21H2,1H3. The number of carbonyl (C=O) groups excluding carboxylic acids is 1. The Morgan fingerprint density at radius 2 is 1.41 bits per heavy atom. The third kappa shape index (κ3) is 7.41. The minimum atomic E-state index is -4.62. The van der Waals surface area contributed by atoms with E-state index in [0.29, 0.717) is 28.7 Å². The molecule has 2 unspecified atom stereocenters. The third-order valence-corrected chi connectivity index (χ3v) is 11.6. The molecule has 0 radical (unpaired) electrons. The quantitative estimate of drug-likeness (QED) is 0.253. The number of aliphatic imine (C=N–C) groups is 1. The Labute approximate surface area is 294 Å². The third-order valence-electron chi connectivity index (χ3n) is 9.02. The van der Waals surface area contributed by atoms with Gasteiger partial charge in [0, 0.05) is 49.3 Å². The molecule has 9 nitrogen and oxygen atoms in total. The van der Waals surface area contributed by atoms with Crippen LogP contribution < -0.4 is 4.74 Å². The van der Waals surface area contributed by atoms with Crippen LogP contribution in [0.5, 0.6) is 5.75 Å². The highest BCUT2D eigenvalue weighted by atomic mass is 35.5. The van der Waals surface area contributed by atoms with Gasteiger partial charge < -0.3 is 9.64 Å². The molecule has 2 amide bonds. The van der Waals surface area contributed by atoms with Crippen LogP contribution in [0.15, 0.2) is 71.7 Å². The van der Waals surface area contributed by atoms with Crippen molar-refractivity contribution in [2.24, 2.45) is 4.99 Å². The molecule has 0 aliphatic carbocycles. The summed E-state index contributed by atoms with van der Waals surface area (Å²) in [5, 5.41) is 0.983. The first-order valence-electron chi connectivity index (χ1n) is 16.1. The first kappa shape index (κ1) is 35.5. The molecule has 6 rings (SSSR count). The van der Waals surface area contributed by atoms with Gasteiger partial charge in [-0.05, 0) is 73.4 Å². The van der Waals surface area contributed by atoms with E-state index in [9.17, 15) is 26.4 Å². The van der Waals surface area contributed by atoms with Gasteiger partial charge in [-0.2, -0.15) is 30.2 Å². The van der Waals surface area contributed by atoms with Crippen molar-refractivity contribution >= 4 is 45.3 Å². The van der Waals surface area contributed by atoms with E-state index < -0.39 is 40.1 Å². The summed E-state index contributed by atoms with van der Waals surface area (Å²) in [6.07, 6.45) is -2.01. The summed E-state index contributed by atoms with van der Waals surface area (Å²) >= 11 is 12.5. The van der Waals surface area contributed by atoms with E-state index in [1.165, 1.54) is 19.6 Å². The summed E-state index contributed by atoms with van der Waals surface area (Å²) in [5.74, 6) is 0.0587. The monoisotopic (exact) mass is 737 g/mol. The van der Waals surface area contributed by atoms with Crippen molar-refractivity contribution in [1.29, 1.82) is 0 Å². The molecular weight excluding hydrogens is 702 g/mol. The van der Waals surface area contributed by atoms with Crippen LogP contribution in [0.4, 0.5) is 18.0 Å². The van der Waals surface area contributed by atoms with Crippen LogP contribution in [0.3, 0.4) is 0 Å². The van der Waals surface area contributed by atoms with E-state index in [4.69, 9.17) is 32.9 Å². The molecule has 2 saturated heterocycles. The lowest BCUT2D eigenvalue weighted by atomic mass is 9.93. The average Bonchev–Trinajstić information content (AvgIpc) is 3.49. The fourth-order valence-electron chi connectivity index (χ4n) is 6.53. The zero-order valence-corrected chi connectivity index (χ0v) is 29.1. The van der Waals surface area contributed by atoms with Gasteiger partial charge in [-0.1, -0.05) is 53.9 Å². The number of hydrogen-bond donors (Lipinski definition) is 0. The molecule has 3 aromatic rings. The summed E-state index contributed by atoms with van der Waals surface area (Å²) in [6.45, 7) is 3.10. The molecule has 2 atom stereocenters. The van der Waals surface area contributed by atoms with Gasteiger partial charge in [0.05, 0.1) is 23.8 Å². The molecule has 0 N–H and O–H groups in total. The number of piperidine rings is 1. The fraction of sp³-hybridized carbons (Fsp3) is 0.412. The first-order valence-corrected chi connectivity index (χ1v) is 18.3. The number of nitrogens with zero attached hydrogens (tertiary/aromatic N) is 5. The number of halogens is 5. The molecular formula is C34H36Cl2F3N5O4S. The van der Waals surface area contributed by atoms with E-state index in [2.05, 4.69) is 0 Å². The topological polar surface area (TPSA) is 85.8 Å². The predicted molar refractivity (Wildman–Crippen MR) is 182 cm³/mol. The number of amides is 2. The Balaban J connectivity index is 1.41. The van der Waals surface area contributed by atoms with Gasteiger partial charge in [0.15, 0.2) is 0 Å². The van der Waals surface area contributed by atoms with Crippen molar-refractivity contribution in [2.45, 2.75) is 44.4 Å². The van der Waals surface area contributed by atoms with Gasteiger partial charge in [0.25, 0.3) is 10.2 Å². The average molecular weight is 739 g/mol. The molecule has 3 aliphatic rings. The number of piperazine rings is 1. The maximum Gasteiger partial charge on any atom is 0.416 e. The molecule has 262 valence electrons. The summed E-state index contributed by atoms with van der Waals surface area (Å²) in [6, 6.07) is 15.2. The van der Waals surface area contributed by atoms with Crippen LogP contribution in [0.1, 0.15) is 60.5 Å². The van der Waals surface area contributed by atoms with Crippen molar-refractivity contribution in [2.75, 3.05) is 45.9 Å². The number of urea groups is 1. The van der Waals surface area contributed by atoms with E-state index in [0.717, 1.165) is 37.0 Å². The van der Waals surface area contributed by atoms with E-state index in [1.807, 2.05) is 0 Å². The molecule has 15 heteroatoms. The lowest BCUT2D eigenvalue weighted by Crippen LogP contribution is -2.57. The molecule has 49 heavy (non-hydrogen) atoms. The molecule has 3 aromatic carbocycles. The fourth-order valence-corrected chi connectivity index (χ4v) is 8.46. The van der Waals surface area contributed by atoms with Crippen molar-refractivity contribution in [3.63, 3.8) is 0 Å². The number of benzene rings is 3. The predicted octanol–water partition coefficient (Wildman–Crippen LogP) is 7.42. The summed E-state index contributed by atoms with van der Waals surface area (Å²) < 4.78 is 76.9. The number of alkyl halides is 3. The Hall–Kier alpha value is -3.36. The highest BCUT2D eigenvalue weighted by Crippen LogP contribution is 2.46. The SMILES string of the molecule is CCOc1cc(C(F)(F)F)ccc1C1=NC(c2ccc(Cl)cc2)C(c2ccc(Cl)cc2)N1C(=O)N1CCN(S(=O)(=O)N2CCCCC2)CC1.